The predicted molar refractivity (Wildman–Crippen MR) is 146 cm³/mol. The van der Waals surface area contributed by atoms with Gasteiger partial charge in [0.15, 0.2) is 23.9 Å². The third-order valence-electron chi connectivity index (χ3n) is 5.47. The maximum absolute atomic E-state index is 12.3. The molecule has 0 aliphatic heterocycles. The minimum atomic E-state index is -0.300. The van der Waals surface area contributed by atoms with E-state index in [1.165, 1.54) is 7.11 Å². The number of H-pyrrole nitrogens is 1. The fraction of sp³-hybridized carbons (Fsp3) is 0.192. The van der Waals surface area contributed by atoms with Crippen molar-refractivity contribution >= 4 is 35.4 Å². The number of aromatic nitrogens is 3. The summed E-state index contributed by atoms with van der Waals surface area (Å²) < 4.78 is 18.7. The van der Waals surface area contributed by atoms with E-state index < -0.39 is 0 Å². The third kappa shape index (κ3) is 6.22. The molecule has 9 nitrogen and oxygen atoms in total. The molecular weight excluding hydrogens is 514 g/mol. The van der Waals surface area contributed by atoms with Crippen LogP contribution in [-0.2, 0) is 11.3 Å². The number of anilines is 1. The standard InChI is InChI=1S/C26H26ClN5O4S/c1-16-8-10-18(11-9-16)29-24(33)15-36-23-13-20(27)17(12-22(23)35-3)14-28-32-25(30-31-26(32)37)19-6-4-5-7-21(19)34-2/h4-13,28H,14-15H2,1-3H3,(H,29,33)(H,31,37). The van der Waals surface area contributed by atoms with Crippen molar-refractivity contribution in [3.63, 3.8) is 0 Å². The Balaban J connectivity index is 1.46. The van der Waals surface area contributed by atoms with Crippen molar-refractivity contribution in [3.8, 4) is 28.6 Å². The topological polar surface area (TPSA) is 102 Å². The number of methoxy groups -OCH3 is 2. The molecule has 3 N–H and O–H groups in total. The molecule has 0 fully saturated rings. The van der Waals surface area contributed by atoms with E-state index in [0.717, 1.165) is 16.7 Å². The molecule has 0 radical (unpaired) electrons. The fourth-order valence-electron chi connectivity index (χ4n) is 3.58. The molecule has 4 aromatic rings. The molecule has 1 heterocycles. The second-order valence-electron chi connectivity index (χ2n) is 8.02. The van der Waals surface area contributed by atoms with Gasteiger partial charge in [0.05, 0.1) is 26.3 Å². The Hall–Kier alpha value is -4.02. The van der Waals surface area contributed by atoms with Gasteiger partial charge in [-0.3, -0.25) is 4.79 Å². The highest BCUT2D eigenvalue weighted by atomic mass is 35.5. The Morgan fingerprint density at radius 3 is 2.51 bits per heavy atom. The molecule has 37 heavy (non-hydrogen) atoms. The second-order valence-corrected chi connectivity index (χ2v) is 8.81. The molecule has 3 aromatic carbocycles. The first kappa shape index (κ1) is 26.1. The number of aryl methyl sites for hydroxylation is 1. The Morgan fingerprint density at radius 2 is 1.78 bits per heavy atom. The van der Waals surface area contributed by atoms with Crippen LogP contribution in [0.5, 0.6) is 17.2 Å². The van der Waals surface area contributed by atoms with Gasteiger partial charge in [0.2, 0.25) is 4.77 Å². The maximum Gasteiger partial charge on any atom is 0.262 e. The molecule has 192 valence electrons. The normalized spacial score (nSPS) is 10.6. The molecular formula is C26H26ClN5O4S. The Kier molecular flexibility index (Phi) is 8.32. The summed E-state index contributed by atoms with van der Waals surface area (Å²) in [4.78, 5) is 12.3. The highest BCUT2D eigenvalue weighted by Crippen LogP contribution is 2.34. The first-order chi connectivity index (χ1) is 17.9. The van der Waals surface area contributed by atoms with Gasteiger partial charge < -0.3 is 25.0 Å². The summed E-state index contributed by atoms with van der Waals surface area (Å²) in [6.07, 6.45) is 0. The van der Waals surface area contributed by atoms with Gasteiger partial charge in [0.25, 0.3) is 5.91 Å². The van der Waals surface area contributed by atoms with Gasteiger partial charge in [-0.2, -0.15) is 5.10 Å². The monoisotopic (exact) mass is 539 g/mol. The average Bonchev–Trinajstić information content (AvgIpc) is 3.27. The smallest absolute Gasteiger partial charge is 0.262 e. The second kappa shape index (κ2) is 11.8. The SMILES string of the molecule is COc1cc(CNn2c(-c3ccccc3OC)n[nH]c2=S)c(Cl)cc1OCC(=O)Nc1ccc(C)cc1. The quantitative estimate of drug-likeness (QED) is 0.233. The Labute approximate surface area is 224 Å². The fourth-order valence-corrected chi connectivity index (χ4v) is 4.00. The van der Waals surface area contributed by atoms with Crippen molar-refractivity contribution in [2.75, 3.05) is 31.6 Å². The first-order valence-electron chi connectivity index (χ1n) is 11.3. The molecule has 0 saturated heterocycles. The zero-order valence-corrected chi connectivity index (χ0v) is 22.1. The van der Waals surface area contributed by atoms with E-state index in [0.29, 0.717) is 45.1 Å². The van der Waals surface area contributed by atoms with Gasteiger partial charge in [-0.1, -0.05) is 41.4 Å². The zero-order chi connectivity index (χ0) is 26.4. The van der Waals surface area contributed by atoms with Crippen molar-refractivity contribution in [2.45, 2.75) is 13.5 Å². The van der Waals surface area contributed by atoms with Crippen molar-refractivity contribution in [1.82, 2.24) is 14.9 Å². The number of carbonyl (C=O) groups is 1. The summed E-state index contributed by atoms with van der Waals surface area (Å²) in [5.41, 5.74) is 6.53. The van der Waals surface area contributed by atoms with Crippen LogP contribution in [0.4, 0.5) is 5.69 Å². The van der Waals surface area contributed by atoms with E-state index in [4.69, 9.17) is 38.0 Å². The zero-order valence-electron chi connectivity index (χ0n) is 20.5. The first-order valence-corrected chi connectivity index (χ1v) is 12.1. The van der Waals surface area contributed by atoms with Crippen LogP contribution in [-0.4, -0.2) is 41.6 Å². The van der Waals surface area contributed by atoms with Crippen LogP contribution in [0.3, 0.4) is 0 Å². The van der Waals surface area contributed by atoms with Crippen molar-refractivity contribution in [2.24, 2.45) is 0 Å². The van der Waals surface area contributed by atoms with Crippen molar-refractivity contribution in [3.05, 3.63) is 81.6 Å². The van der Waals surface area contributed by atoms with Crippen LogP contribution in [0, 0.1) is 11.7 Å². The number of nitrogens with zero attached hydrogens (tertiary/aromatic N) is 2. The molecule has 4 rings (SSSR count). The number of rotatable bonds is 10. The maximum atomic E-state index is 12.3. The highest BCUT2D eigenvalue weighted by molar-refractivity contribution is 7.71. The molecule has 1 amide bonds. The number of hydrogen-bond donors (Lipinski definition) is 3. The lowest BCUT2D eigenvalue weighted by molar-refractivity contribution is -0.118. The molecule has 0 aliphatic rings. The summed E-state index contributed by atoms with van der Waals surface area (Å²) in [7, 11) is 3.12. The van der Waals surface area contributed by atoms with Crippen LogP contribution in [0.25, 0.3) is 11.4 Å². The third-order valence-corrected chi connectivity index (χ3v) is 6.10. The minimum Gasteiger partial charge on any atom is -0.496 e. The van der Waals surface area contributed by atoms with Crippen LogP contribution < -0.4 is 25.0 Å². The van der Waals surface area contributed by atoms with E-state index in [2.05, 4.69) is 20.9 Å². The number of aromatic amines is 1. The van der Waals surface area contributed by atoms with E-state index in [9.17, 15) is 4.79 Å². The molecule has 0 unspecified atom stereocenters. The minimum absolute atomic E-state index is 0.204. The molecule has 0 atom stereocenters. The average molecular weight is 540 g/mol. The summed E-state index contributed by atoms with van der Waals surface area (Å²) in [5.74, 6) is 1.71. The number of ether oxygens (including phenoxy) is 3. The van der Waals surface area contributed by atoms with Gasteiger partial charge in [0.1, 0.15) is 5.75 Å². The number of para-hydroxylation sites is 1. The highest BCUT2D eigenvalue weighted by Gasteiger charge is 2.16. The molecule has 0 saturated carbocycles. The Morgan fingerprint density at radius 1 is 1.05 bits per heavy atom. The molecule has 0 bridgehead atoms. The lowest BCUT2D eigenvalue weighted by Crippen LogP contribution is -2.20. The lowest BCUT2D eigenvalue weighted by Gasteiger charge is -2.16. The largest absolute Gasteiger partial charge is 0.496 e. The number of amides is 1. The van der Waals surface area contributed by atoms with Gasteiger partial charge >= 0.3 is 0 Å². The van der Waals surface area contributed by atoms with Crippen molar-refractivity contribution < 1.29 is 19.0 Å². The predicted octanol–water partition coefficient (Wildman–Crippen LogP) is 5.35. The van der Waals surface area contributed by atoms with Gasteiger partial charge in [-0.05, 0) is 55.0 Å². The number of benzene rings is 3. The van der Waals surface area contributed by atoms with Gasteiger partial charge in [0, 0.05) is 16.8 Å². The van der Waals surface area contributed by atoms with Crippen LogP contribution in [0.15, 0.2) is 60.7 Å². The van der Waals surface area contributed by atoms with Crippen LogP contribution in [0.2, 0.25) is 5.02 Å². The number of nitrogens with one attached hydrogen (secondary N) is 3. The van der Waals surface area contributed by atoms with Crippen LogP contribution >= 0.6 is 23.8 Å². The van der Waals surface area contributed by atoms with E-state index >= 15 is 0 Å². The molecule has 1 aromatic heterocycles. The summed E-state index contributed by atoms with van der Waals surface area (Å²) >= 11 is 12.0. The molecule has 11 heteroatoms. The summed E-state index contributed by atoms with van der Waals surface area (Å²) in [5, 5.41) is 10.4. The van der Waals surface area contributed by atoms with Crippen molar-refractivity contribution in [1.29, 1.82) is 0 Å². The number of carbonyl (C=O) groups excluding carboxylic acids is 1. The van der Waals surface area contributed by atoms with E-state index in [-0.39, 0.29) is 12.5 Å². The summed E-state index contributed by atoms with van der Waals surface area (Å²) in [6.45, 7) is 2.08. The lowest BCUT2D eigenvalue weighted by atomic mass is 10.2. The van der Waals surface area contributed by atoms with Gasteiger partial charge in [-0.15, -0.1) is 0 Å². The van der Waals surface area contributed by atoms with E-state index in [1.54, 1.807) is 23.9 Å². The summed E-state index contributed by atoms with van der Waals surface area (Å²) in [6, 6.07) is 18.4. The Bertz CT molecular complexity index is 1450. The number of hydrogen-bond acceptors (Lipinski definition) is 7. The molecule has 0 spiro atoms. The van der Waals surface area contributed by atoms with E-state index in [1.807, 2.05) is 55.5 Å². The molecule has 0 aliphatic carbocycles. The van der Waals surface area contributed by atoms with Crippen LogP contribution in [0.1, 0.15) is 11.1 Å². The number of halogens is 1. The van der Waals surface area contributed by atoms with Gasteiger partial charge in [-0.25, -0.2) is 9.77 Å².